The third kappa shape index (κ3) is 2.68. The smallest absolute Gasteiger partial charge is 0.178 e. The minimum Gasteiger partial charge on any atom is -0.453 e. The van der Waals surface area contributed by atoms with Crippen LogP contribution in [-0.2, 0) is 0 Å². The lowest BCUT2D eigenvalue weighted by atomic mass is 10.3. The number of hydrogen-bond acceptors (Lipinski definition) is 3. The van der Waals surface area contributed by atoms with Crippen LogP contribution in [-0.4, -0.2) is 10.8 Å². The van der Waals surface area contributed by atoms with Gasteiger partial charge in [0, 0.05) is 13.0 Å². The molecule has 0 atom stereocenters. The largest absolute Gasteiger partial charge is 0.453 e. The molecule has 0 saturated carbocycles. The second-order valence-electron chi connectivity index (χ2n) is 3.61. The number of pyridine rings is 1. The maximum absolute atomic E-state index is 13.3. The van der Waals surface area contributed by atoms with Crippen molar-refractivity contribution in [2.45, 2.75) is 6.92 Å². The standard InChI is InChI=1S/C13H9F2NO2/c1-8(17)12-4-3-10(7-16-12)18-13-5-2-9(14)6-11(13)15/h2-7H,1H3. The monoisotopic (exact) mass is 249 g/mol. The highest BCUT2D eigenvalue weighted by molar-refractivity contribution is 5.92. The van der Waals surface area contributed by atoms with Gasteiger partial charge in [0.25, 0.3) is 0 Å². The fraction of sp³-hybridized carbons (Fsp3) is 0.0769. The van der Waals surface area contributed by atoms with E-state index in [0.717, 1.165) is 12.1 Å². The van der Waals surface area contributed by atoms with E-state index in [1.54, 1.807) is 0 Å². The maximum atomic E-state index is 13.3. The molecule has 0 fully saturated rings. The summed E-state index contributed by atoms with van der Waals surface area (Å²) in [6.45, 7) is 1.39. The summed E-state index contributed by atoms with van der Waals surface area (Å²) in [6.07, 6.45) is 1.31. The van der Waals surface area contributed by atoms with Gasteiger partial charge in [0.2, 0.25) is 0 Å². The van der Waals surface area contributed by atoms with Gasteiger partial charge < -0.3 is 4.74 Å². The van der Waals surface area contributed by atoms with E-state index in [1.165, 1.54) is 31.3 Å². The van der Waals surface area contributed by atoms with E-state index in [-0.39, 0.29) is 17.3 Å². The van der Waals surface area contributed by atoms with Gasteiger partial charge in [-0.25, -0.2) is 13.8 Å². The van der Waals surface area contributed by atoms with Gasteiger partial charge >= 0.3 is 0 Å². The molecule has 1 heterocycles. The number of ether oxygens (including phenoxy) is 1. The Morgan fingerprint density at radius 1 is 1.22 bits per heavy atom. The van der Waals surface area contributed by atoms with Crippen molar-refractivity contribution in [3.05, 3.63) is 53.9 Å². The zero-order chi connectivity index (χ0) is 13.1. The summed E-state index contributed by atoms with van der Waals surface area (Å²) in [5, 5.41) is 0. The number of rotatable bonds is 3. The number of carbonyl (C=O) groups is 1. The van der Waals surface area contributed by atoms with Crippen LogP contribution in [0.3, 0.4) is 0 Å². The molecule has 1 aromatic carbocycles. The summed E-state index contributed by atoms with van der Waals surface area (Å²) in [5.74, 6) is -1.48. The molecule has 3 nitrogen and oxygen atoms in total. The van der Waals surface area contributed by atoms with Crippen LogP contribution in [0.1, 0.15) is 17.4 Å². The summed E-state index contributed by atoms with van der Waals surface area (Å²) in [6, 6.07) is 5.97. The van der Waals surface area contributed by atoms with E-state index in [0.29, 0.717) is 5.69 Å². The van der Waals surface area contributed by atoms with Crippen LogP contribution >= 0.6 is 0 Å². The summed E-state index contributed by atoms with van der Waals surface area (Å²) in [5.41, 5.74) is 0.293. The van der Waals surface area contributed by atoms with E-state index >= 15 is 0 Å². The van der Waals surface area contributed by atoms with Gasteiger partial charge in [-0.05, 0) is 24.3 Å². The van der Waals surface area contributed by atoms with Crippen LogP contribution in [0.2, 0.25) is 0 Å². The zero-order valence-electron chi connectivity index (χ0n) is 9.48. The summed E-state index contributed by atoms with van der Waals surface area (Å²) >= 11 is 0. The first kappa shape index (κ1) is 12.2. The van der Waals surface area contributed by atoms with Crippen LogP contribution in [0.15, 0.2) is 36.5 Å². The number of nitrogens with zero attached hydrogens (tertiary/aromatic N) is 1. The number of Topliss-reactive ketones (excluding diaryl/α,β-unsaturated/α-hetero) is 1. The fourth-order valence-corrected chi connectivity index (χ4v) is 1.33. The molecule has 92 valence electrons. The summed E-state index contributed by atoms with van der Waals surface area (Å²) in [7, 11) is 0. The molecule has 0 N–H and O–H groups in total. The molecule has 0 bridgehead atoms. The van der Waals surface area contributed by atoms with Crippen molar-refractivity contribution in [1.82, 2.24) is 4.98 Å². The molecule has 2 aromatic rings. The second kappa shape index (κ2) is 4.91. The number of carbonyl (C=O) groups excluding carboxylic acids is 1. The maximum Gasteiger partial charge on any atom is 0.178 e. The molecule has 5 heteroatoms. The van der Waals surface area contributed by atoms with Crippen molar-refractivity contribution in [3.8, 4) is 11.5 Å². The summed E-state index contributed by atoms with van der Waals surface area (Å²) < 4.78 is 31.2. The lowest BCUT2D eigenvalue weighted by Crippen LogP contribution is -1.96. The van der Waals surface area contributed by atoms with Gasteiger partial charge in [-0.3, -0.25) is 4.79 Å². The normalized spacial score (nSPS) is 10.2. The van der Waals surface area contributed by atoms with E-state index in [4.69, 9.17) is 4.74 Å². The van der Waals surface area contributed by atoms with Crippen molar-refractivity contribution in [2.24, 2.45) is 0 Å². The molecular formula is C13H9F2NO2. The Labute approximate surface area is 102 Å². The molecular weight excluding hydrogens is 240 g/mol. The lowest BCUT2D eigenvalue weighted by Gasteiger charge is -2.06. The molecule has 18 heavy (non-hydrogen) atoms. The van der Waals surface area contributed by atoms with Gasteiger partial charge in [0.15, 0.2) is 17.3 Å². The molecule has 0 spiro atoms. The number of aromatic nitrogens is 1. The SMILES string of the molecule is CC(=O)c1ccc(Oc2ccc(F)cc2F)cn1. The van der Waals surface area contributed by atoms with Crippen molar-refractivity contribution in [3.63, 3.8) is 0 Å². The van der Waals surface area contributed by atoms with E-state index in [9.17, 15) is 13.6 Å². The molecule has 2 rings (SSSR count). The van der Waals surface area contributed by atoms with Gasteiger partial charge in [-0.2, -0.15) is 0 Å². The quantitative estimate of drug-likeness (QED) is 0.783. The molecule has 0 amide bonds. The minimum absolute atomic E-state index is 0.103. The molecule has 0 aliphatic carbocycles. The van der Waals surface area contributed by atoms with Crippen molar-refractivity contribution in [2.75, 3.05) is 0 Å². The molecule has 0 unspecified atom stereocenters. The van der Waals surface area contributed by atoms with Crippen LogP contribution in [0.4, 0.5) is 8.78 Å². The summed E-state index contributed by atoms with van der Waals surface area (Å²) in [4.78, 5) is 14.9. The Balaban J connectivity index is 2.21. The first-order valence-electron chi connectivity index (χ1n) is 5.16. The predicted molar refractivity (Wildman–Crippen MR) is 60.7 cm³/mol. The molecule has 0 aliphatic heterocycles. The van der Waals surface area contributed by atoms with E-state index < -0.39 is 11.6 Å². The zero-order valence-corrected chi connectivity index (χ0v) is 9.48. The number of benzene rings is 1. The van der Waals surface area contributed by atoms with Gasteiger partial charge in [0.05, 0.1) is 6.20 Å². The Bertz CT molecular complexity index is 582. The Kier molecular flexibility index (Phi) is 3.32. The van der Waals surface area contributed by atoms with Crippen LogP contribution < -0.4 is 4.74 Å². The topological polar surface area (TPSA) is 39.2 Å². The van der Waals surface area contributed by atoms with Gasteiger partial charge in [-0.1, -0.05) is 0 Å². The fourth-order valence-electron chi connectivity index (χ4n) is 1.33. The highest BCUT2D eigenvalue weighted by Crippen LogP contribution is 2.24. The Morgan fingerprint density at radius 3 is 2.56 bits per heavy atom. The lowest BCUT2D eigenvalue weighted by molar-refractivity contribution is 0.101. The van der Waals surface area contributed by atoms with Crippen molar-refractivity contribution in [1.29, 1.82) is 0 Å². The average Bonchev–Trinajstić information content (AvgIpc) is 2.33. The van der Waals surface area contributed by atoms with Gasteiger partial charge in [-0.15, -0.1) is 0 Å². The Morgan fingerprint density at radius 2 is 2.00 bits per heavy atom. The average molecular weight is 249 g/mol. The minimum atomic E-state index is -0.800. The van der Waals surface area contributed by atoms with Crippen molar-refractivity contribution >= 4 is 5.78 Å². The third-order valence-electron chi connectivity index (χ3n) is 2.22. The predicted octanol–water partition coefficient (Wildman–Crippen LogP) is 3.35. The van der Waals surface area contributed by atoms with E-state index in [2.05, 4.69) is 4.98 Å². The van der Waals surface area contributed by atoms with Crippen LogP contribution in [0, 0.1) is 11.6 Å². The molecule has 0 aliphatic rings. The van der Waals surface area contributed by atoms with Crippen molar-refractivity contribution < 1.29 is 18.3 Å². The first-order valence-corrected chi connectivity index (χ1v) is 5.16. The first-order chi connectivity index (χ1) is 8.56. The highest BCUT2D eigenvalue weighted by Gasteiger charge is 2.07. The third-order valence-corrected chi connectivity index (χ3v) is 2.22. The van der Waals surface area contributed by atoms with Crippen LogP contribution in [0.5, 0.6) is 11.5 Å². The molecule has 0 radical (unpaired) electrons. The second-order valence-corrected chi connectivity index (χ2v) is 3.61. The van der Waals surface area contributed by atoms with Crippen LogP contribution in [0.25, 0.3) is 0 Å². The number of hydrogen-bond donors (Lipinski definition) is 0. The van der Waals surface area contributed by atoms with E-state index in [1.807, 2.05) is 0 Å². The Hall–Kier alpha value is -2.30. The van der Waals surface area contributed by atoms with Gasteiger partial charge in [0.1, 0.15) is 17.3 Å². The molecule has 1 aromatic heterocycles. The molecule has 0 saturated heterocycles. The number of ketones is 1. The highest BCUT2D eigenvalue weighted by atomic mass is 19.1. The number of halogens is 2.